The van der Waals surface area contributed by atoms with Crippen LogP contribution >= 0.6 is 0 Å². The molecule has 1 aliphatic heterocycles. The topological polar surface area (TPSA) is 102 Å². The van der Waals surface area contributed by atoms with Crippen LogP contribution in [0.5, 0.6) is 0 Å². The maximum Gasteiger partial charge on any atom is 0.326 e. The average Bonchev–Trinajstić information content (AvgIpc) is 3.45. The fourth-order valence-corrected chi connectivity index (χ4v) is 3.85. The molecule has 0 bridgehead atoms. The summed E-state index contributed by atoms with van der Waals surface area (Å²) in [6.07, 6.45) is 1.52. The number of carbonyl (C=O) groups excluding carboxylic acids is 1. The van der Waals surface area contributed by atoms with Crippen molar-refractivity contribution in [3.05, 3.63) is 60.0 Å². The molecule has 0 saturated carbocycles. The monoisotopic (exact) mass is 449 g/mol. The van der Waals surface area contributed by atoms with Crippen molar-refractivity contribution in [3.63, 3.8) is 0 Å². The Morgan fingerprint density at radius 1 is 1.24 bits per heavy atom. The van der Waals surface area contributed by atoms with E-state index in [2.05, 4.69) is 42.5 Å². The molecule has 3 N–H and O–H groups in total. The lowest BCUT2D eigenvalue weighted by atomic mass is 10.2. The highest BCUT2D eigenvalue weighted by Gasteiger charge is 2.18. The zero-order chi connectivity index (χ0) is 22.8. The smallest absolute Gasteiger partial charge is 0.326 e. The Bertz CT molecular complexity index is 1280. The first-order chi connectivity index (χ1) is 16.1. The van der Waals surface area contributed by atoms with Crippen LogP contribution in [0.4, 0.5) is 20.6 Å². The minimum Gasteiger partial charge on any atom is -0.379 e. The lowest BCUT2D eigenvalue weighted by Crippen LogP contribution is -2.35. The molecule has 1 fully saturated rings. The number of fused-ring (bicyclic) bond motifs is 1. The van der Waals surface area contributed by atoms with E-state index in [-0.39, 0.29) is 0 Å². The maximum absolute atomic E-state index is 13.5. The quantitative estimate of drug-likeness (QED) is 0.432. The first-order valence-corrected chi connectivity index (χ1v) is 10.7. The molecule has 0 unspecified atom stereocenters. The van der Waals surface area contributed by atoms with Gasteiger partial charge in [-0.05, 0) is 35.9 Å². The van der Waals surface area contributed by atoms with Gasteiger partial charge in [0.05, 0.1) is 36.1 Å². The average molecular weight is 449 g/mol. The normalized spacial score (nSPS) is 14.5. The van der Waals surface area contributed by atoms with E-state index < -0.39 is 11.8 Å². The van der Waals surface area contributed by atoms with Gasteiger partial charge in [0.2, 0.25) is 0 Å². The zero-order valence-electron chi connectivity index (χ0n) is 18.1. The minimum atomic E-state index is -0.424. The number of carbonyl (C=O) groups is 1. The molecular weight excluding hydrogens is 425 g/mol. The molecule has 0 spiro atoms. The minimum absolute atomic E-state index is 0.411. The summed E-state index contributed by atoms with van der Waals surface area (Å²) in [7, 11) is 1.57. The number of H-pyrrole nitrogens is 2. The molecule has 2 amide bonds. The Morgan fingerprint density at radius 2 is 2.09 bits per heavy atom. The van der Waals surface area contributed by atoms with E-state index in [0.29, 0.717) is 22.9 Å². The van der Waals surface area contributed by atoms with Gasteiger partial charge in [-0.1, -0.05) is 12.1 Å². The number of ether oxygens (including phenoxy) is 1. The van der Waals surface area contributed by atoms with Crippen molar-refractivity contribution in [1.82, 2.24) is 25.1 Å². The van der Waals surface area contributed by atoms with Gasteiger partial charge in [-0.2, -0.15) is 5.10 Å². The van der Waals surface area contributed by atoms with Gasteiger partial charge >= 0.3 is 6.03 Å². The summed E-state index contributed by atoms with van der Waals surface area (Å²) in [5.74, 6) is 0.154. The highest BCUT2D eigenvalue weighted by atomic mass is 19.1. The van der Waals surface area contributed by atoms with Crippen molar-refractivity contribution in [3.8, 4) is 11.5 Å². The molecule has 10 heteroatoms. The third-order valence-electron chi connectivity index (χ3n) is 5.67. The van der Waals surface area contributed by atoms with Crippen LogP contribution in [0.1, 0.15) is 5.56 Å². The van der Waals surface area contributed by atoms with E-state index in [0.717, 1.165) is 43.9 Å². The summed E-state index contributed by atoms with van der Waals surface area (Å²) in [6.45, 7) is 4.23. The van der Waals surface area contributed by atoms with Crippen LogP contribution < -0.4 is 10.2 Å². The predicted molar refractivity (Wildman–Crippen MR) is 124 cm³/mol. The zero-order valence-corrected chi connectivity index (χ0v) is 18.1. The van der Waals surface area contributed by atoms with E-state index in [1.807, 2.05) is 6.07 Å². The number of benzene rings is 2. The summed E-state index contributed by atoms with van der Waals surface area (Å²) in [4.78, 5) is 24.4. The third kappa shape index (κ3) is 4.57. The van der Waals surface area contributed by atoms with Gasteiger partial charge in [-0.25, -0.2) is 14.2 Å². The largest absolute Gasteiger partial charge is 0.379 e. The van der Waals surface area contributed by atoms with Crippen molar-refractivity contribution in [2.75, 3.05) is 43.6 Å². The van der Waals surface area contributed by atoms with E-state index >= 15 is 0 Å². The van der Waals surface area contributed by atoms with Gasteiger partial charge in [0.15, 0.2) is 5.82 Å². The number of rotatable bonds is 5. The molecule has 1 aliphatic rings. The maximum atomic E-state index is 13.5. The highest BCUT2D eigenvalue weighted by molar-refractivity contribution is 6.03. The Kier molecular flexibility index (Phi) is 5.76. The Balaban J connectivity index is 1.34. The van der Waals surface area contributed by atoms with Crippen LogP contribution in [0.2, 0.25) is 0 Å². The number of nitrogens with one attached hydrogen (secondary N) is 3. The van der Waals surface area contributed by atoms with Crippen LogP contribution in [0.25, 0.3) is 22.6 Å². The van der Waals surface area contributed by atoms with Crippen LogP contribution in [0.15, 0.2) is 48.7 Å². The molecule has 0 radical (unpaired) electrons. The van der Waals surface area contributed by atoms with E-state index in [4.69, 9.17) is 4.74 Å². The first-order valence-electron chi connectivity index (χ1n) is 10.7. The summed E-state index contributed by atoms with van der Waals surface area (Å²) in [6, 6.07) is 11.6. The second kappa shape index (κ2) is 9.00. The molecule has 3 heterocycles. The Labute approximate surface area is 189 Å². The summed E-state index contributed by atoms with van der Waals surface area (Å²) >= 11 is 0. The number of amides is 2. The van der Waals surface area contributed by atoms with Gasteiger partial charge in [-0.15, -0.1) is 0 Å². The Hall–Kier alpha value is -3.76. The molecule has 2 aromatic heterocycles. The molecule has 9 nitrogen and oxygen atoms in total. The van der Waals surface area contributed by atoms with Crippen molar-refractivity contribution in [1.29, 1.82) is 0 Å². The third-order valence-corrected chi connectivity index (χ3v) is 5.67. The van der Waals surface area contributed by atoms with Crippen LogP contribution in [0.3, 0.4) is 0 Å². The van der Waals surface area contributed by atoms with Crippen LogP contribution in [-0.4, -0.2) is 64.4 Å². The first kappa shape index (κ1) is 21.1. The van der Waals surface area contributed by atoms with E-state index in [1.165, 1.54) is 28.8 Å². The fraction of sp³-hybridized carbons (Fsp3) is 0.261. The second-order valence-corrected chi connectivity index (χ2v) is 7.95. The molecule has 2 aromatic carbocycles. The number of hydrogen-bond acceptors (Lipinski definition) is 5. The molecule has 0 aliphatic carbocycles. The fourth-order valence-electron chi connectivity index (χ4n) is 3.85. The van der Waals surface area contributed by atoms with Gasteiger partial charge < -0.3 is 15.0 Å². The molecule has 0 atom stereocenters. The van der Waals surface area contributed by atoms with Gasteiger partial charge in [0, 0.05) is 32.4 Å². The van der Waals surface area contributed by atoms with Crippen LogP contribution in [-0.2, 0) is 11.3 Å². The second-order valence-electron chi connectivity index (χ2n) is 7.95. The summed E-state index contributed by atoms with van der Waals surface area (Å²) in [5.41, 5.74) is 4.38. The van der Waals surface area contributed by atoms with E-state index in [9.17, 15) is 9.18 Å². The molecule has 33 heavy (non-hydrogen) atoms. The lowest BCUT2D eigenvalue weighted by molar-refractivity contribution is 0.0342. The Morgan fingerprint density at radius 3 is 2.91 bits per heavy atom. The predicted octanol–water partition coefficient (Wildman–Crippen LogP) is 3.59. The number of anilines is 2. The van der Waals surface area contributed by atoms with Gasteiger partial charge in [0.1, 0.15) is 11.5 Å². The summed E-state index contributed by atoms with van der Waals surface area (Å²) < 4.78 is 18.9. The number of aromatic amines is 2. The number of hydrogen-bond donors (Lipinski definition) is 3. The van der Waals surface area contributed by atoms with Crippen LogP contribution in [0, 0.1) is 5.82 Å². The number of nitrogens with zero attached hydrogens (tertiary/aromatic N) is 4. The van der Waals surface area contributed by atoms with Crippen molar-refractivity contribution < 1.29 is 13.9 Å². The standard InChI is InChI=1S/C23H24FN7O2/c1-30(17-4-2-3-16(24)12-17)23(32)28-20-13-25-29-21(20)22-26-18-6-5-15(11-19(18)27-22)14-31-7-9-33-10-8-31/h2-6,11-13H,7-10,14H2,1H3,(H,25,29)(H,26,27)(H,28,32). The number of morpholine rings is 1. The van der Waals surface area contributed by atoms with Crippen molar-refractivity contribution >= 4 is 28.4 Å². The van der Waals surface area contributed by atoms with Crippen molar-refractivity contribution in [2.24, 2.45) is 0 Å². The molecule has 170 valence electrons. The van der Waals surface area contributed by atoms with E-state index in [1.54, 1.807) is 19.2 Å². The highest BCUT2D eigenvalue weighted by Crippen LogP contribution is 2.27. The molecular formula is C23H24FN7O2. The number of aromatic nitrogens is 4. The molecule has 1 saturated heterocycles. The van der Waals surface area contributed by atoms with Gasteiger partial charge in [0.25, 0.3) is 0 Å². The van der Waals surface area contributed by atoms with Crippen molar-refractivity contribution in [2.45, 2.75) is 6.54 Å². The van der Waals surface area contributed by atoms with Gasteiger partial charge in [-0.3, -0.25) is 14.9 Å². The number of urea groups is 1. The lowest BCUT2D eigenvalue weighted by Gasteiger charge is -2.26. The summed E-state index contributed by atoms with van der Waals surface area (Å²) in [5, 5.41) is 9.77. The molecule has 5 rings (SSSR count). The molecule has 4 aromatic rings. The number of imidazole rings is 1. The SMILES string of the molecule is CN(C(=O)Nc1cn[nH]c1-c1nc2ccc(CN3CCOCC3)cc2[nH]1)c1cccc(F)c1. The number of halogens is 1.